The molecule has 0 aliphatic heterocycles. The maximum atomic E-state index is 11.1. The number of ether oxygens (including phenoxy) is 1. The van der Waals surface area contributed by atoms with E-state index in [-0.39, 0.29) is 12.5 Å². The molecule has 0 aliphatic carbocycles. The van der Waals surface area contributed by atoms with Gasteiger partial charge < -0.3 is 15.4 Å². The Labute approximate surface area is 86.4 Å². The summed E-state index contributed by atoms with van der Waals surface area (Å²) in [6, 6.07) is 0. The van der Waals surface area contributed by atoms with Gasteiger partial charge in [0.05, 0.1) is 0 Å². The molecule has 0 aromatic heterocycles. The summed E-state index contributed by atoms with van der Waals surface area (Å²) < 4.78 is 5.20. The Morgan fingerprint density at radius 2 is 2.07 bits per heavy atom. The molecule has 0 radical (unpaired) electrons. The van der Waals surface area contributed by atoms with Crippen LogP contribution in [-0.4, -0.2) is 39.3 Å². The summed E-state index contributed by atoms with van der Waals surface area (Å²) in [6.07, 6.45) is 3.39. The fourth-order valence-corrected chi connectivity index (χ4v) is 0.997. The quantitative estimate of drug-likeness (QED) is 0.536. The zero-order valence-corrected chi connectivity index (χ0v) is 9.27. The van der Waals surface area contributed by atoms with Crippen molar-refractivity contribution in [3.8, 4) is 0 Å². The van der Waals surface area contributed by atoms with E-state index in [1.807, 2.05) is 7.05 Å². The Kier molecular flexibility index (Phi) is 10.0. The lowest BCUT2D eigenvalue weighted by Crippen LogP contribution is -2.33. The third kappa shape index (κ3) is 9.48. The number of unbranched alkanes of at least 4 members (excludes halogenated alkanes) is 2. The van der Waals surface area contributed by atoms with Gasteiger partial charge in [0.1, 0.15) is 6.61 Å². The second kappa shape index (κ2) is 10.5. The summed E-state index contributed by atoms with van der Waals surface area (Å²) in [5.74, 6) is -0.0308. The van der Waals surface area contributed by atoms with Crippen LogP contribution in [0.15, 0.2) is 0 Å². The summed E-state index contributed by atoms with van der Waals surface area (Å²) >= 11 is 0. The number of amides is 1. The normalized spacial score (nSPS) is 10.1. The Bertz CT molecular complexity index is 140. The highest BCUT2D eigenvalue weighted by Gasteiger charge is 1.98. The molecule has 0 unspecified atom stereocenters. The molecule has 0 rings (SSSR count). The number of hydrogen-bond donors (Lipinski definition) is 2. The van der Waals surface area contributed by atoms with Crippen LogP contribution in [0.2, 0.25) is 0 Å². The number of nitrogens with one attached hydrogen (secondary N) is 2. The van der Waals surface area contributed by atoms with Gasteiger partial charge in [-0.05, 0) is 13.5 Å². The van der Waals surface area contributed by atoms with E-state index < -0.39 is 0 Å². The Morgan fingerprint density at radius 1 is 1.29 bits per heavy atom. The van der Waals surface area contributed by atoms with Crippen molar-refractivity contribution >= 4 is 5.91 Å². The van der Waals surface area contributed by atoms with Gasteiger partial charge in [0.2, 0.25) is 5.91 Å². The van der Waals surface area contributed by atoms with E-state index in [9.17, 15) is 4.79 Å². The summed E-state index contributed by atoms with van der Waals surface area (Å²) in [7, 11) is 1.85. The predicted molar refractivity (Wildman–Crippen MR) is 57.3 cm³/mol. The number of rotatable bonds is 9. The molecular formula is C10H22N2O2. The number of hydrogen-bond acceptors (Lipinski definition) is 3. The minimum Gasteiger partial charge on any atom is -0.372 e. The van der Waals surface area contributed by atoms with E-state index >= 15 is 0 Å². The van der Waals surface area contributed by atoms with Crippen LogP contribution in [0.25, 0.3) is 0 Å². The highest BCUT2D eigenvalue weighted by molar-refractivity contribution is 5.77. The van der Waals surface area contributed by atoms with Crippen LogP contribution in [0, 0.1) is 0 Å². The van der Waals surface area contributed by atoms with E-state index in [2.05, 4.69) is 17.6 Å². The lowest BCUT2D eigenvalue weighted by atomic mass is 10.3. The zero-order valence-electron chi connectivity index (χ0n) is 9.27. The third-order valence-electron chi connectivity index (χ3n) is 1.82. The van der Waals surface area contributed by atoms with Gasteiger partial charge in [0.15, 0.2) is 0 Å². The van der Waals surface area contributed by atoms with Gasteiger partial charge >= 0.3 is 0 Å². The molecular weight excluding hydrogens is 180 g/mol. The largest absolute Gasteiger partial charge is 0.372 e. The molecule has 0 saturated heterocycles. The van der Waals surface area contributed by atoms with E-state index in [1.54, 1.807) is 0 Å². The maximum Gasteiger partial charge on any atom is 0.246 e. The monoisotopic (exact) mass is 202 g/mol. The molecule has 14 heavy (non-hydrogen) atoms. The topological polar surface area (TPSA) is 50.4 Å². The SMILES string of the molecule is CCCCCOCC(=O)NCCNC. The van der Waals surface area contributed by atoms with Gasteiger partial charge in [0, 0.05) is 19.7 Å². The Balaban J connectivity index is 3.10. The van der Waals surface area contributed by atoms with Gasteiger partial charge in [0.25, 0.3) is 0 Å². The molecule has 4 nitrogen and oxygen atoms in total. The van der Waals surface area contributed by atoms with E-state index in [0.717, 1.165) is 13.0 Å². The molecule has 1 amide bonds. The molecule has 0 bridgehead atoms. The Morgan fingerprint density at radius 3 is 2.71 bits per heavy atom. The Hall–Kier alpha value is -0.610. The van der Waals surface area contributed by atoms with Gasteiger partial charge in [-0.1, -0.05) is 19.8 Å². The van der Waals surface area contributed by atoms with Crippen molar-refractivity contribution in [1.29, 1.82) is 0 Å². The average molecular weight is 202 g/mol. The van der Waals surface area contributed by atoms with Crippen molar-refractivity contribution in [3.05, 3.63) is 0 Å². The molecule has 0 fully saturated rings. The zero-order chi connectivity index (χ0) is 10.6. The van der Waals surface area contributed by atoms with Crippen molar-refractivity contribution in [2.45, 2.75) is 26.2 Å². The second-order valence-corrected chi connectivity index (χ2v) is 3.21. The summed E-state index contributed by atoms with van der Waals surface area (Å²) in [6.45, 7) is 4.47. The highest BCUT2D eigenvalue weighted by Crippen LogP contribution is 1.93. The molecule has 0 aromatic carbocycles. The lowest BCUT2D eigenvalue weighted by molar-refractivity contribution is -0.125. The number of carbonyl (C=O) groups is 1. The first-order valence-corrected chi connectivity index (χ1v) is 5.30. The van der Waals surface area contributed by atoms with Crippen LogP contribution in [0.5, 0.6) is 0 Å². The molecule has 0 saturated carbocycles. The third-order valence-corrected chi connectivity index (χ3v) is 1.82. The summed E-state index contributed by atoms with van der Waals surface area (Å²) in [5, 5.41) is 5.70. The molecule has 0 spiro atoms. The van der Waals surface area contributed by atoms with Crippen molar-refractivity contribution in [2.24, 2.45) is 0 Å². The number of carbonyl (C=O) groups excluding carboxylic acids is 1. The van der Waals surface area contributed by atoms with Crippen molar-refractivity contribution in [3.63, 3.8) is 0 Å². The van der Waals surface area contributed by atoms with Crippen LogP contribution in [-0.2, 0) is 9.53 Å². The smallest absolute Gasteiger partial charge is 0.246 e. The highest BCUT2D eigenvalue weighted by atomic mass is 16.5. The molecule has 0 aromatic rings. The first-order chi connectivity index (χ1) is 6.81. The van der Waals surface area contributed by atoms with Gasteiger partial charge in [-0.15, -0.1) is 0 Å². The predicted octanol–water partition coefficient (Wildman–Crippen LogP) is 0.529. The maximum absolute atomic E-state index is 11.1. The fourth-order valence-electron chi connectivity index (χ4n) is 0.997. The first-order valence-electron chi connectivity index (χ1n) is 5.30. The van der Waals surface area contributed by atoms with E-state index in [1.165, 1.54) is 12.8 Å². The molecule has 2 N–H and O–H groups in total. The van der Waals surface area contributed by atoms with Crippen molar-refractivity contribution in [1.82, 2.24) is 10.6 Å². The van der Waals surface area contributed by atoms with Crippen LogP contribution in [0.3, 0.4) is 0 Å². The fraction of sp³-hybridized carbons (Fsp3) is 0.900. The molecule has 84 valence electrons. The van der Waals surface area contributed by atoms with E-state index in [0.29, 0.717) is 13.2 Å². The van der Waals surface area contributed by atoms with Crippen LogP contribution in [0.4, 0.5) is 0 Å². The van der Waals surface area contributed by atoms with Crippen LogP contribution >= 0.6 is 0 Å². The molecule has 0 atom stereocenters. The van der Waals surface area contributed by atoms with Gasteiger partial charge in [-0.25, -0.2) is 0 Å². The lowest BCUT2D eigenvalue weighted by Gasteiger charge is -2.05. The summed E-state index contributed by atoms with van der Waals surface area (Å²) in [4.78, 5) is 11.1. The van der Waals surface area contributed by atoms with Crippen molar-refractivity contribution in [2.75, 3.05) is 33.4 Å². The van der Waals surface area contributed by atoms with Crippen molar-refractivity contribution < 1.29 is 9.53 Å². The van der Waals surface area contributed by atoms with Crippen LogP contribution in [0.1, 0.15) is 26.2 Å². The van der Waals surface area contributed by atoms with Crippen LogP contribution < -0.4 is 10.6 Å². The first kappa shape index (κ1) is 13.4. The average Bonchev–Trinajstić information content (AvgIpc) is 2.18. The minimum atomic E-state index is -0.0308. The minimum absolute atomic E-state index is 0.0308. The number of likely N-dealkylation sites (N-methyl/N-ethyl adjacent to an activating group) is 1. The molecule has 4 heteroatoms. The van der Waals surface area contributed by atoms with Gasteiger partial charge in [-0.3, -0.25) is 4.79 Å². The van der Waals surface area contributed by atoms with E-state index in [4.69, 9.17) is 4.74 Å². The van der Waals surface area contributed by atoms with Gasteiger partial charge in [-0.2, -0.15) is 0 Å². The summed E-state index contributed by atoms with van der Waals surface area (Å²) in [5.41, 5.74) is 0. The standard InChI is InChI=1S/C10H22N2O2/c1-3-4-5-8-14-9-10(13)12-7-6-11-2/h11H,3-9H2,1-2H3,(H,12,13). The molecule has 0 aliphatic rings. The molecule has 0 heterocycles. The second-order valence-electron chi connectivity index (χ2n) is 3.21.